The highest BCUT2D eigenvalue weighted by molar-refractivity contribution is 7.99. The fraction of sp³-hybridized carbons (Fsp3) is 0.438. The van der Waals surface area contributed by atoms with Crippen LogP contribution in [-0.2, 0) is 11.3 Å². The predicted molar refractivity (Wildman–Crippen MR) is 99.5 cm³/mol. The SMILES string of the molecule is COCCCNC(=O)N1CCSc2nnc(COc3ccc(Cl)cc3)n21. The number of thioether (sulfide) groups is 1. The second-order valence-corrected chi connectivity index (χ2v) is 7.00. The molecule has 0 saturated carbocycles. The molecule has 1 aromatic carbocycles. The third kappa shape index (κ3) is 4.60. The number of hydrogen-bond acceptors (Lipinski definition) is 6. The molecule has 2 heterocycles. The first-order valence-electron chi connectivity index (χ1n) is 8.19. The molecule has 3 rings (SSSR count). The van der Waals surface area contributed by atoms with Gasteiger partial charge in [-0.15, -0.1) is 10.2 Å². The van der Waals surface area contributed by atoms with Gasteiger partial charge >= 0.3 is 6.03 Å². The van der Waals surface area contributed by atoms with Crippen molar-refractivity contribution in [1.29, 1.82) is 0 Å². The Morgan fingerprint density at radius 1 is 1.35 bits per heavy atom. The first-order valence-corrected chi connectivity index (χ1v) is 9.55. The summed E-state index contributed by atoms with van der Waals surface area (Å²) in [7, 11) is 1.64. The van der Waals surface area contributed by atoms with Crippen LogP contribution < -0.4 is 15.1 Å². The zero-order valence-electron chi connectivity index (χ0n) is 14.4. The number of rotatable bonds is 7. The van der Waals surface area contributed by atoms with Gasteiger partial charge < -0.3 is 14.8 Å². The molecule has 1 N–H and O–H groups in total. The van der Waals surface area contributed by atoms with Gasteiger partial charge in [0.2, 0.25) is 5.16 Å². The molecule has 1 aromatic heterocycles. The number of hydrogen-bond donors (Lipinski definition) is 1. The number of methoxy groups -OCH3 is 1. The summed E-state index contributed by atoms with van der Waals surface area (Å²) in [5.74, 6) is 2.00. The Balaban J connectivity index is 1.66. The lowest BCUT2D eigenvalue weighted by Crippen LogP contribution is -2.51. The number of amides is 2. The van der Waals surface area contributed by atoms with Crippen molar-refractivity contribution in [3.8, 4) is 5.75 Å². The van der Waals surface area contributed by atoms with Gasteiger partial charge in [0.15, 0.2) is 5.82 Å². The third-order valence-electron chi connectivity index (χ3n) is 3.67. The van der Waals surface area contributed by atoms with E-state index in [1.165, 1.54) is 0 Å². The molecule has 2 amide bonds. The number of urea groups is 1. The van der Waals surface area contributed by atoms with Gasteiger partial charge in [-0.25, -0.2) is 14.5 Å². The van der Waals surface area contributed by atoms with Crippen LogP contribution in [-0.4, -0.2) is 53.5 Å². The summed E-state index contributed by atoms with van der Waals surface area (Å²) in [4.78, 5) is 12.5. The molecule has 0 saturated heterocycles. The van der Waals surface area contributed by atoms with Gasteiger partial charge in [0.1, 0.15) is 12.4 Å². The van der Waals surface area contributed by atoms with Gasteiger partial charge in [-0.1, -0.05) is 23.4 Å². The van der Waals surface area contributed by atoms with Gasteiger partial charge in [0, 0.05) is 31.0 Å². The van der Waals surface area contributed by atoms with Gasteiger partial charge in [0.25, 0.3) is 0 Å². The maximum atomic E-state index is 12.5. The molecule has 140 valence electrons. The minimum Gasteiger partial charge on any atom is -0.486 e. The normalized spacial score (nSPS) is 13.4. The molecule has 26 heavy (non-hydrogen) atoms. The fourth-order valence-corrected chi connectivity index (χ4v) is 3.41. The second kappa shape index (κ2) is 9.11. The average molecular weight is 398 g/mol. The lowest BCUT2D eigenvalue weighted by atomic mass is 10.3. The zero-order chi connectivity index (χ0) is 18.4. The van der Waals surface area contributed by atoms with E-state index in [9.17, 15) is 4.79 Å². The molecule has 0 atom stereocenters. The maximum absolute atomic E-state index is 12.5. The number of nitrogens with one attached hydrogen (secondary N) is 1. The van der Waals surface area contributed by atoms with E-state index in [0.29, 0.717) is 41.4 Å². The van der Waals surface area contributed by atoms with Crippen LogP contribution in [0.2, 0.25) is 5.02 Å². The van der Waals surface area contributed by atoms with Crippen molar-refractivity contribution in [2.75, 3.05) is 37.6 Å². The van der Waals surface area contributed by atoms with E-state index < -0.39 is 0 Å². The van der Waals surface area contributed by atoms with Gasteiger partial charge in [0.05, 0.1) is 6.54 Å². The number of aromatic nitrogens is 3. The lowest BCUT2D eigenvalue weighted by molar-refractivity contribution is 0.193. The predicted octanol–water partition coefficient (Wildman–Crippen LogP) is 2.30. The molecular formula is C16H20ClN5O3S. The number of halogens is 1. The zero-order valence-corrected chi connectivity index (χ0v) is 15.9. The van der Waals surface area contributed by atoms with Crippen LogP contribution in [0, 0.1) is 0 Å². The molecule has 0 spiro atoms. The summed E-state index contributed by atoms with van der Waals surface area (Å²) in [6.45, 7) is 1.92. The van der Waals surface area contributed by atoms with Crippen molar-refractivity contribution in [3.05, 3.63) is 35.1 Å². The van der Waals surface area contributed by atoms with Crippen LogP contribution in [0.4, 0.5) is 4.79 Å². The van der Waals surface area contributed by atoms with E-state index >= 15 is 0 Å². The average Bonchev–Trinajstić information content (AvgIpc) is 3.08. The van der Waals surface area contributed by atoms with E-state index in [1.54, 1.807) is 52.8 Å². The van der Waals surface area contributed by atoms with E-state index in [4.69, 9.17) is 21.1 Å². The Kier molecular flexibility index (Phi) is 6.59. The molecular weight excluding hydrogens is 378 g/mol. The van der Waals surface area contributed by atoms with Crippen LogP contribution in [0.5, 0.6) is 5.75 Å². The number of carbonyl (C=O) groups excluding carboxylic acids is 1. The number of ether oxygens (including phenoxy) is 2. The van der Waals surface area contributed by atoms with Crippen molar-refractivity contribution >= 4 is 29.4 Å². The van der Waals surface area contributed by atoms with E-state index in [0.717, 1.165) is 12.2 Å². The highest BCUT2D eigenvalue weighted by Gasteiger charge is 2.27. The van der Waals surface area contributed by atoms with Gasteiger partial charge in [-0.05, 0) is 30.7 Å². The van der Waals surface area contributed by atoms with Crippen LogP contribution in [0.25, 0.3) is 0 Å². The smallest absolute Gasteiger partial charge is 0.336 e. The number of benzene rings is 1. The van der Waals surface area contributed by atoms with Crippen LogP contribution in [0.1, 0.15) is 12.2 Å². The first-order chi connectivity index (χ1) is 12.7. The molecule has 0 bridgehead atoms. The minimum absolute atomic E-state index is 0.185. The Morgan fingerprint density at radius 2 is 2.15 bits per heavy atom. The van der Waals surface area contributed by atoms with Crippen LogP contribution in [0.15, 0.2) is 29.4 Å². The summed E-state index contributed by atoms with van der Waals surface area (Å²) in [6.07, 6.45) is 0.756. The van der Waals surface area contributed by atoms with Crippen LogP contribution >= 0.6 is 23.4 Å². The Bertz CT molecular complexity index is 740. The topological polar surface area (TPSA) is 81.5 Å². The molecule has 0 unspecified atom stereocenters. The maximum Gasteiger partial charge on any atom is 0.336 e. The highest BCUT2D eigenvalue weighted by Crippen LogP contribution is 2.23. The van der Waals surface area contributed by atoms with Crippen molar-refractivity contribution in [1.82, 2.24) is 20.2 Å². The Hall–Kier alpha value is -1.97. The van der Waals surface area contributed by atoms with Crippen LogP contribution in [0.3, 0.4) is 0 Å². The van der Waals surface area contributed by atoms with E-state index in [-0.39, 0.29) is 12.6 Å². The Labute approximate surface area is 160 Å². The van der Waals surface area contributed by atoms with Crippen molar-refractivity contribution in [3.63, 3.8) is 0 Å². The molecule has 10 heteroatoms. The number of nitrogens with zero attached hydrogens (tertiary/aromatic N) is 4. The molecule has 0 radical (unpaired) electrons. The largest absolute Gasteiger partial charge is 0.486 e. The summed E-state index contributed by atoms with van der Waals surface area (Å²) in [6, 6.07) is 6.89. The fourth-order valence-electron chi connectivity index (χ4n) is 2.42. The van der Waals surface area contributed by atoms with E-state index in [2.05, 4.69) is 15.5 Å². The summed E-state index contributed by atoms with van der Waals surface area (Å²) in [5.41, 5.74) is 0. The molecule has 1 aliphatic rings. The lowest BCUT2D eigenvalue weighted by Gasteiger charge is -2.29. The Morgan fingerprint density at radius 3 is 2.92 bits per heavy atom. The summed E-state index contributed by atoms with van der Waals surface area (Å²) in [5, 5.41) is 14.2. The summed E-state index contributed by atoms with van der Waals surface area (Å²) >= 11 is 7.44. The van der Waals surface area contributed by atoms with Crippen molar-refractivity contribution in [2.24, 2.45) is 0 Å². The summed E-state index contributed by atoms with van der Waals surface area (Å²) < 4.78 is 12.5. The minimum atomic E-state index is -0.185. The van der Waals surface area contributed by atoms with Gasteiger partial charge in [-0.2, -0.15) is 0 Å². The third-order valence-corrected chi connectivity index (χ3v) is 4.82. The second-order valence-electron chi connectivity index (χ2n) is 5.50. The molecule has 2 aromatic rings. The molecule has 8 nitrogen and oxygen atoms in total. The molecule has 1 aliphatic heterocycles. The first kappa shape index (κ1) is 18.8. The molecule has 0 fully saturated rings. The molecule has 0 aliphatic carbocycles. The number of fused-ring (bicyclic) bond motifs is 1. The van der Waals surface area contributed by atoms with Crippen molar-refractivity contribution < 1.29 is 14.3 Å². The number of carbonyl (C=O) groups is 1. The standard InChI is InChI=1S/C16H20ClN5O3S/c1-24-9-2-7-18-15(23)21-8-10-26-16-20-19-14(22(16)21)11-25-13-5-3-12(17)4-6-13/h3-6H,2,7-11H2,1H3,(H,18,23). The van der Waals surface area contributed by atoms with Gasteiger partial charge in [-0.3, -0.25) is 0 Å². The quantitative estimate of drug-likeness (QED) is 0.722. The monoisotopic (exact) mass is 397 g/mol. The highest BCUT2D eigenvalue weighted by atomic mass is 35.5. The van der Waals surface area contributed by atoms with E-state index in [1.807, 2.05) is 0 Å². The van der Waals surface area contributed by atoms with Crippen molar-refractivity contribution in [2.45, 2.75) is 18.2 Å².